The van der Waals surface area contributed by atoms with Gasteiger partial charge in [-0.15, -0.1) is 0 Å². The maximum Gasteiger partial charge on any atom is 0.213 e. The average molecular weight is 237 g/mol. The summed E-state index contributed by atoms with van der Waals surface area (Å²) in [4.78, 5) is 6.48. The van der Waals surface area contributed by atoms with Gasteiger partial charge in [0.25, 0.3) is 0 Å². The van der Waals surface area contributed by atoms with Gasteiger partial charge >= 0.3 is 0 Å². The fourth-order valence-corrected chi connectivity index (χ4v) is 1.28. The minimum Gasteiger partial charge on any atom is -0.476 e. The lowest BCUT2D eigenvalue weighted by Crippen LogP contribution is -2.43. The highest BCUT2D eigenvalue weighted by molar-refractivity contribution is 5.24. The molecule has 0 aliphatic carbocycles. The molecule has 0 saturated heterocycles. The largest absolute Gasteiger partial charge is 0.476 e. The van der Waals surface area contributed by atoms with Crippen molar-refractivity contribution in [3.63, 3.8) is 0 Å². The van der Waals surface area contributed by atoms with Gasteiger partial charge in [0.15, 0.2) is 0 Å². The minimum absolute atomic E-state index is 0.0195. The van der Waals surface area contributed by atoms with Gasteiger partial charge in [-0.2, -0.15) is 0 Å². The lowest BCUT2D eigenvalue weighted by atomic mass is 10.1. The molecule has 0 unspecified atom stereocenters. The zero-order valence-electron chi connectivity index (χ0n) is 11.4. The molecule has 0 aromatic carbocycles. The first-order chi connectivity index (χ1) is 7.85. The van der Waals surface area contributed by atoms with Crippen molar-refractivity contribution in [2.24, 2.45) is 5.73 Å². The van der Waals surface area contributed by atoms with E-state index in [0.717, 1.165) is 11.3 Å². The fourth-order valence-electron chi connectivity index (χ4n) is 1.28. The van der Waals surface area contributed by atoms with E-state index in [2.05, 4.69) is 23.7 Å². The number of rotatable bonds is 5. The Labute approximate surface area is 104 Å². The Kier molecular flexibility index (Phi) is 4.48. The van der Waals surface area contributed by atoms with E-state index >= 15 is 0 Å². The molecule has 17 heavy (non-hydrogen) atoms. The molecule has 0 saturated carbocycles. The number of pyridine rings is 1. The lowest BCUT2D eigenvalue weighted by Gasteiger charge is -2.31. The van der Waals surface area contributed by atoms with E-state index in [4.69, 9.17) is 10.5 Å². The zero-order valence-corrected chi connectivity index (χ0v) is 11.4. The number of likely N-dealkylation sites (N-methyl/N-ethyl adjacent to an activating group) is 1. The highest BCUT2D eigenvalue weighted by Gasteiger charge is 2.21. The minimum atomic E-state index is -0.0195. The van der Waals surface area contributed by atoms with Gasteiger partial charge < -0.3 is 15.4 Å². The van der Waals surface area contributed by atoms with E-state index in [-0.39, 0.29) is 5.54 Å². The first kappa shape index (κ1) is 13.9. The molecule has 0 fully saturated rings. The molecule has 0 amide bonds. The summed E-state index contributed by atoms with van der Waals surface area (Å²) in [6, 6.07) is 3.88. The standard InChI is InChI=1S/C13H23N3O/c1-10-6-11(8-14)7-12(15-10)17-9-13(2,3)16(4)5/h6-7H,8-9,14H2,1-5H3. The molecule has 0 atom stereocenters. The number of aryl methyl sites for hydroxylation is 1. The molecule has 0 bridgehead atoms. The first-order valence-corrected chi connectivity index (χ1v) is 5.83. The molecule has 2 N–H and O–H groups in total. The summed E-state index contributed by atoms with van der Waals surface area (Å²) in [5.41, 5.74) is 7.59. The summed E-state index contributed by atoms with van der Waals surface area (Å²) >= 11 is 0. The van der Waals surface area contributed by atoms with Crippen molar-refractivity contribution in [2.75, 3.05) is 20.7 Å². The van der Waals surface area contributed by atoms with Crippen molar-refractivity contribution < 1.29 is 4.74 Å². The van der Waals surface area contributed by atoms with Crippen LogP contribution in [0.15, 0.2) is 12.1 Å². The predicted octanol–water partition coefficient (Wildman–Crippen LogP) is 1.57. The number of aromatic nitrogens is 1. The number of nitrogens with zero attached hydrogens (tertiary/aromatic N) is 2. The van der Waals surface area contributed by atoms with Crippen LogP contribution in [0.1, 0.15) is 25.1 Å². The Bertz CT molecular complexity index is 375. The van der Waals surface area contributed by atoms with Crippen LogP contribution in [0.25, 0.3) is 0 Å². The molecule has 4 nitrogen and oxygen atoms in total. The molecular weight excluding hydrogens is 214 g/mol. The molecule has 1 rings (SSSR count). The van der Waals surface area contributed by atoms with Crippen molar-refractivity contribution in [3.8, 4) is 5.88 Å². The quantitative estimate of drug-likeness (QED) is 0.844. The van der Waals surface area contributed by atoms with Gasteiger partial charge in [-0.05, 0) is 46.5 Å². The van der Waals surface area contributed by atoms with Crippen molar-refractivity contribution in [3.05, 3.63) is 23.4 Å². The van der Waals surface area contributed by atoms with Gasteiger partial charge in [0.1, 0.15) is 6.61 Å². The van der Waals surface area contributed by atoms with Crippen LogP contribution >= 0.6 is 0 Å². The molecule has 96 valence electrons. The van der Waals surface area contributed by atoms with E-state index in [1.807, 2.05) is 33.2 Å². The van der Waals surface area contributed by atoms with Gasteiger partial charge in [0.05, 0.1) is 0 Å². The number of nitrogens with two attached hydrogens (primary N) is 1. The molecule has 1 heterocycles. The van der Waals surface area contributed by atoms with E-state index < -0.39 is 0 Å². The predicted molar refractivity (Wildman–Crippen MR) is 70.1 cm³/mol. The molecule has 4 heteroatoms. The van der Waals surface area contributed by atoms with Crippen molar-refractivity contribution in [1.82, 2.24) is 9.88 Å². The third-order valence-electron chi connectivity index (χ3n) is 3.01. The summed E-state index contributed by atoms with van der Waals surface area (Å²) in [6.45, 7) is 7.32. The first-order valence-electron chi connectivity index (χ1n) is 5.83. The summed E-state index contributed by atoms with van der Waals surface area (Å²) < 4.78 is 5.75. The van der Waals surface area contributed by atoms with Crippen molar-refractivity contribution in [2.45, 2.75) is 32.9 Å². The van der Waals surface area contributed by atoms with Crippen LogP contribution in [-0.4, -0.2) is 36.1 Å². The van der Waals surface area contributed by atoms with E-state index in [9.17, 15) is 0 Å². The second-order valence-corrected chi connectivity index (χ2v) is 5.15. The SMILES string of the molecule is Cc1cc(CN)cc(OCC(C)(C)N(C)C)n1. The van der Waals surface area contributed by atoms with Crippen molar-refractivity contribution in [1.29, 1.82) is 0 Å². The molecule has 0 radical (unpaired) electrons. The number of hydrogen-bond donors (Lipinski definition) is 1. The van der Waals surface area contributed by atoms with Crippen LogP contribution < -0.4 is 10.5 Å². The smallest absolute Gasteiger partial charge is 0.213 e. The molecule has 1 aromatic heterocycles. The van der Waals surface area contributed by atoms with Crippen LogP contribution in [0.2, 0.25) is 0 Å². The molecule has 0 aliphatic heterocycles. The third kappa shape index (κ3) is 3.98. The summed E-state index contributed by atoms with van der Waals surface area (Å²) in [6.07, 6.45) is 0. The van der Waals surface area contributed by atoms with Crippen LogP contribution in [-0.2, 0) is 6.54 Å². The highest BCUT2D eigenvalue weighted by Crippen LogP contribution is 2.16. The Morgan fingerprint density at radius 1 is 1.35 bits per heavy atom. The van der Waals surface area contributed by atoms with Gasteiger partial charge in [0, 0.05) is 23.8 Å². The van der Waals surface area contributed by atoms with E-state index in [1.165, 1.54) is 0 Å². The summed E-state index contributed by atoms with van der Waals surface area (Å²) in [7, 11) is 4.08. The number of ether oxygens (including phenoxy) is 1. The van der Waals surface area contributed by atoms with Crippen LogP contribution in [0.3, 0.4) is 0 Å². The lowest BCUT2D eigenvalue weighted by molar-refractivity contribution is 0.111. The van der Waals surface area contributed by atoms with Crippen molar-refractivity contribution >= 4 is 0 Å². The van der Waals surface area contributed by atoms with E-state index in [1.54, 1.807) is 0 Å². The highest BCUT2D eigenvalue weighted by atomic mass is 16.5. The van der Waals surface area contributed by atoms with Crippen LogP contribution in [0, 0.1) is 6.92 Å². The third-order valence-corrected chi connectivity index (χ3v) is 3.01. The van der Waals surface area contributed by atoms with Crippen LogP contribution in [0.5, 0.6) is 5.88 Å². The fraction of sp³-hybridized carbons (Fsp3) is 0.615. The second-order valence-electron chi connectivity index (χ2n) is 5.15. The topological polar surface area (TPSA) is 51.4 Å². The van der Waals surface area contributed by atoms with Gasteiger partial charge in [-0.3, -0.25) is 0 Å². The maximum atomic E-state index is 5.75. The van der Waals surface area contributed by atoms with Gasteiger partial charge in [0.2, 0.25) is 5.88 Å². The summed E-state index contributed by atoms with van der Waals surface area (Å²) in [5.74, 6) is 0.653. The Balaban J connectivity index is 2.72. The Morgan fingerprint density at radius 3 is 2.53 bits per heavy atom. The van der Waals surface area contributed by atoms with Gasteiger partial charge in [-0.25, -0.2) is 4.98 Å². The molecule has 0 aliphatic rings. The van der Waals surface area contributed by atoms with Gasteiger partial charge in [-0.1, -0.05) is 0 Å². The van der Waals surface area contributed by atoms with Crippen LogP contribution in [0.4, 0.5) is 0 Å². The normalized spacial score (nSPS) is 11.9. The average Bonchev–Trinajstić information content (AvgIpc) is 2.25. The maximum absolute atomic E-state index is 5.75. The monoisotopic (exact) mass is 237 g/mol. The zero-order chi connectivity index (χ0) is 13.1. The Hall–Kier alpha value is -1.13. The number of hydrogen-bond acceptors (Lipinski definition) is 4. The van der Waals surface area contributed by atoms with E-state index in [0.29, 0.717) is 19.0 Å². The summed E-state index contributed by atoms with van der Waals surface area (Å²) in [5, 5.41) is 0. The molecule has 1 aromatic rings. The second kappa shape index (κ2) is 5.47. The molecule has 0 spiro atoms. The molecular formula is C13H23N3O. The Morgan fingerprint density at radius 2 is 2.00 bits per heavy atom.